The van der Waals surface area contributed by atoms with Gasteiger partial charge in [-0.25, -0.2) is 0 Å². The molecule has 0 aliphatic heterocycles. The molecule has 234 valence electrons. The van der Waals surface area contributed by atoms with E-state index < -0.39 is 0 Å². The molecule has 2 nitrogen and oxygen atoms in total. The molecular weight excluding hydrogens is 605 g/mol. The second kappa shape index (κ2) is 11.5. The van der Waals surface area contributed by atoms with Crippen molar-refractivity contribution < 1.29 is 0 Å². The molecule has 0 fully saturated rings. The molecular formula is C48H32N2. The van der Waals surface area contributed by atoms with Crippen LogP contribution in [-0.4, -0.2) is 4.57 Å². The summed E-state index contributed by atoms with van der Waals surface area (Å²) >= 11 is 0. The molecule has 2 heteroatoms. The number of rotatable bonds is 5. The largest absolute Gasteiger partial charge is 0.310 e. The number of aromatic nitrogens is 1. The number of hydrogen-bond donors (Lipinski definition) is 0. The number of hydrogen-bond acceptors (Lipinski definition) is 1. The van der Waals surface area contributed by atoms with Crippen LogP contribution in [0.3, 0.4) is 0 Å². The van der Waals surface area contributed by atoms with Crippen LogP contribution in [-0.2, 0) is 0 Å². The first-order valence-corrected chi connectivity index (χ1v) is 17.2. The average molecular weight is 637 g/mol. The summed E-state index contributed by atoms with van der Waals surface area (Å²) in [6, 6.07) is 70.4. The highest BCUT2D eigenvalue weighted by Crippen LogP contribution is 2.41. The van der Waals surface area contributed by atoms with E-state index in [0.717, 1.165) is 22.7 Å². The van der Waals surface area contributed by atoms with E-state index in [1.807, 2.05) is 0 Å². The lowest BCUT2D eigenvalue weighted by molar-refractivity contribution is 1.18. The minimum atomic E-state index is 1.11. The van der Waals surface area contributed by atoms with Gasteiger partial charge in [0.2, 0.25) is 0 Å². The van der Waals surface area contributed by atoms with Crippen molar-refractivity contribution >= 4 is 71.2 Å². The van der Waals surface area contributed by atoms with Gasteiger partial charge in [0.1, 0.15) is 0 Å². The number of anilines is 3. The molecule has 9 aromatic carbocycles. The van der Waals surface area contributed by atoms with E-state index in [2.05, 4.69) is 204 Å². The average Bonchev–Trinajstić information content (AvgIpc) is 3.52. The summed E-state index contributed by atoms with van der Waals surface area (Å²) in [6.07, 6.45) is 0. The molecule has 0 bridgehead atoms. The Morgan fingerprint density at radius 3 is 1.74 bits per heavy atom. The maximum atomic E-state index is 2.37. The molecule has 0 saturated carbocycles. The lowest BCUT2D eigenvalue weighted by Gasteiger charge is -2.26. The first kappa shape index (κ1) is 28.4. The van der Waals surface area contributed by atoms with Crippen molar-refractivity contribution in [2.24, 2.45) is 0 Å². The molecule has 0 atom stereocenters. The molecule has 0 aliphatic rings. The third-order valence-corrected chi connectivity index (χ3v) is 10.2. The Morgan fingerprint density at radius 1 is 0.320 bits per heavy atom. The molecule has 0 amide bonds. The molecule has 0 N–H and O–H groups in total. The van der Waals surface area contributed by atoms with Crippen LogP contribution in [0.4, 0.5) is 17.1 Å². The van der Waals surface area contributed by atoms with Crippen molar-refractivity contribution in [3.8, 4) is 16.8 Å². The summed E-state index contributed by atoms with van der Waals surface area (Å²) in [4.78, 5) is 2.36. The van der Waals surface area contributed by atoms with Gasteiger partial charge in [0.25, 0.3) is 0 Å². The van der Waals surface area contributed by atoms with Crippen molar-refractivity contribution in [3.63, 3.8) is 0 Å². The number of benzene rings is 9. The van der Waals surface area contributed by atoms with Crippen LogP contribution < -0.4 is 4.90 Å². The molecule has 0 saturated heterocycles. The molecule has 0 spiro atoms. The second-order valence-electron chi connectivity index (χ2n) is 13.0. The highest BCUT2D eigenvalue weighted by Gasteiger charge is 2.18. The smallest absolute Gasteiger partial charge is 0.0542 e. The van der Waals surface area contributed by atoms with E-state index in [1.165, 1.54) is 65.3 Å². The Bertz CT molecular complexity index is 2850. The van der Waals surface area contributed by atoms with Gasteiger partial charge in [0.15, 0.2) is 0 Å². The van der Waals surface area contributed by atoms with Crippen molar-refractivity contribution in [3.05, 3.63) is 194 Å². The summed E-state index contributed by atoms with van der Waals surface area (Å²) in [5.41, 5.74) is 9.37. The Labute approximate surface area is 290 Å². The highest BCUT2D eigenvalue weighted by molar-refractivity contribution is 6.19. The maximum absolute atomic E-state index is 2.37. The van der Waals surface area contributed by atoms with Crippen LogP contribution >= 0.6 is 0 Å². The number of nitrogens with zero attached hydrogens (tertiary/aromatic N) is 2. The number of fused-ring (bicyclic) bond motifs is 8. The third-order valence-electron chi connectivity index (χ3n) is 10.2. The van der Waals surface area contributed by atoms with Gasteiger partial charge in [-0.2, -0.15) is 0 Å². The van der Waals surface area contributed by atoms with Gasteiger partial charge in [-0.15, -0.1) is 0 Å². The van der Waals surface area contributed by atoms with Gasteiger partial charge in [-0.05, 0) is 104 Å². The molecule has 0 aliphatic carbocycles. The Morgan fingerprint density at radius 2 is 0.900 bits per heavy atom. The van der Waals surface area contributed by atoms with Crippen LogP contribution in [0.25, 0.3) is 70.9 Å². The normalized spacial score (nSPS) is 11.6. The van der Waals surface area contributed by atoms with Crippen LogP contribution in [0.2, 0.25) is 0 Å². The molecule has 0 unspecified atom stereocenters. The zero-order valence-corrected chi connectivity index (χ0v) is 27.4. The zero-order valence-electron chi connectivity index (χ0n) is 27.4. The van der Waals surface area contributed by atoms with Gasteiger partial charge in [0.05, 0.1) is 11.0 Å². The molecule has 10 aromatic rings. The lowest BCUT2D eigenvalue weighted by Crippen LogP contribution is -2.09. The molecule has 50 heavy (non-hydrogen) atoms. The fourth-order valence-corrected chi connectivity index (χ4v) is 7.88. The minimum Gasteiger partial charge on any atom is -0.310 e. The molecule has 10 rings (SSSR count). The molecule has 1 aromatic heterocycles. The Hall–Kier alpha value is -6.64. The van der Waals surface area contributed by atoms with Crippen molar-refractivity contribution in [2.45, 2.75) is 0 Å². The van der Waals surface area contributed by atoms with E-state index in [-0.39, 0.29) is 0 Å². The topological polar surface area (TPSA) is 8.17 Å². The molecule has 0 radical (unpaired) electrons. The van der Waals surface area contributed by atoms with Crippen LogP contribution in [0.15, 0.2) is 194 Å². The highest BCUT2D eigenvalue weighted by atomic mass is 15.1. The van der Waals surface area contributed by atoms with Gasteiger partial charge in [0, 0.05) is 33.5 Å². The van der Waals surface area contributed by atoms with Crippen LogP contribution in [0.5, 0.6) is 0 Å². The van der Waals surface area contributed by atoms with E-state index >= 15 is 0 Å². The second-order valence-corrected chi connectivity index (χ2v) is 13.0. The van der Waals surface area contributed by atoms with Gasteiger partial charge in [-0.3, -0.25) is 0 Å². The summed E-state index contributed by atoms with van der Waals surface area (Å²) in [7, 11) is 0. The first-order valence-electron chi connectivity index (χ1n) is 17.2. The zero-order chi connectivity index (χ0) is 33.0. The summed E-state index contributed by atoms with van der Waals surface area (Å²) in [5, 5.41) is 10.2. The third kappa shape index (κ3) is 4.50. The van der Waals surface area contributed by atoms with Crippen molar-refractivity contribution in [1.29, 1.82) is 0 Å². The van der Waals surface area contributed by atoms with Crippen molar-refractivity contribution in [1.82, 2.24) is 4.57 Å². The predicted molar refractivity (Wildman–Crippen MR) is 213 cm³/mol. The lowest BCUT2D eigenvalue weighted by atomic mass is 9.92. The fraction of sp³-hybridized carbons (Fsp3) is 0. The SMILES string of the molecule is c1ccc(N(c2ccc(-c3cccc4c3ccc3c5ccccc5ccc43)cc2)c2ccc3c(c2)c2ccccc2n3-c2ccccc2)cc1. The van der Waals surface area contributed by atoms with Crippen LogP contribution in [0, 0.1) is 0 Å². The van der Waals surface area contributed by atoms with E-state index in [4.69, 9.17) is 0 Å². The van der Waals surface area contributed by atoms with Gasteiger partial charge < -0.3 is 9.47 Å². The van der Waals surface area contributed by atoms with Gasteiger partial charge >= 0.3 is 0 Å². The van der Waals surface area contributed by atoms with E-state index in [1.54, 1.807) is 0 Å². The first-order chi connectivity index (χ1) is 24.8. The van der Waals surface area contributed by atoms with E-state index in [9.17, 15) is 0 Å². The predicted octanol–water partition coefficient (Wildman–Crippen LogP) is 13.4. The van der Waals surface area contributed by atoms with Gasteiger partial charge in [-0.1, -0.05) is 133 Å². The summed E-state index contributed by atoms with van der Waals surface area (Å²) in [6.45, 7) is 0. The number of para-hydroxylation sites is 3. The molecule has 1 heterocycles. The quantitative estimate of drug-likeness (QED) is 0.171. The fourth-order valence-electron chi connectivity index (χ4n) is 7.88. The minimum absolute atomic E-state index is 1.11. The summed E-state index contributed by atoms with van der Waals surface area (Å²) < 4.78 is 2.37. The summed E-state index contributed by atoms with van der Waals surface area (Å²) in [5.74, 6) is 0. The van der Waals surface area contributed by atoms with E-state index in [0.29, 0.717) is 0 Å². The maximum Gasteiger partial charge on any atom is 0.0542 e. The Kier molecular flexibility index (Phi) is 6.53. The monoisotopic (exact) mass is 636 g/mol. The van der Waals surface area contributed by atoms with Crippen molar-refractivity contribution in [2.75, 3.05) is 4.90 Å². The Balaban J connectivity index is 1.10. The van der Waals surface area contributed by atoms with Crippen LogP contribution in [0.1, 0.15) is 0 Å². The standard InChI is InChI=1S/C48H32N2/c1-3-13-35(14-4-1)49(38-27-31-48-46(32-38)45-18-9-10-21-47(45)50(48)36-15-5-2-6-16-36)37-25-22-34(23-26-37)40-19-11-20-41-42(40)29-30-43-39-17-8-7-12-33(39)24-28-44(41)43/h1-32H.